The van der Waals surface area contributed by atoms with Crippen LogP contribution in [0.4, 0.5) is 4.39 Å². The van der Waals surface area contributed by atoms with Crippen molar-refractivity contribution < 1.29 is 4.39 Å². The van der Waals surface area contributed by atoms with Gasteiger partial charge in [0.05, 0.1) is 6.20 Å². The minimum Gasteiger partial charge on any atom is -0.361 e. The third kappa shape index (κ3) is 2.72. The SMILES string of the molecule is Cn1cc(CNCCc2c[nH]c3ccc(F)cc23)cn1. The fourth-order valence-electron chi connectivity index (χ4n) is 2.38. The van der Waals surface area contributed by atoms with Gasteiger partial charge in [-0.1, -0.05) is 0 Å². The van der Waals surface area contributed by atoms with E-state index in [4.69, 9.17) is 0 Å². The maximum atomic E-state index is 13.3. The van der Waals surface area contributed by atoms with E-state index in [2.05, 4.69) is 15.4 Å². The summed E-state index contributed by atoms with van der Waals surface area (Å²) in [5.41, 5.74) is 3.28. The van der Waals surface area contributed by atoms with Gasteiger partial charge in [0.1, 0.15) is 5.82 Å². The van der Waals surface area contributed by atoms with Gasteiger partial charge in [-0.3, -0.25) is 4.68 Å². The third-order valence-electron chi connectivity index (χ3n) is 3.39. The van der Waals surface area contributed by atoms with Crippen LogP contribution in [0.2, 0.25) is 0 Å². The number of hydrogen-bond acceptors (Lipinski definition) is 2. The number of benzene rings is 1. The number of fused-ring (bicyclic) bond motifs is 1. The quantitative estimate of drug-likeness (QED) is 0.700. The summed E-state index contributed by atoms with van der Waals surface area (Å²) in [4.78, 5) is 3.17. The van der Waals surface area contributed by atoms with Crippen LogP contribution in [-0.2, 0) is 20.0 Å². The Morgan fingerprint density at radius 1 is 1.40 bits per heavy atom. The normalized spacial score (nSPS) is 11.3. The van der Waals surface area contributed by atoms with E-state index in [-0.39, 0.29) is 5.82 Å². The van der Waals surface area contributed by atoms with Crippen LogP contribution in [0.3, 0.4) is 0 Å². The van der Waals surface area contributed by atoms with Crippen molar-refractivity contribution in [2.45, 2.75) is 13.0 Å². The molecule has 0 aliphatic rings. The average Bonchev–Trinajstić information content (AvgIpc) is 3.01. The molecule has 3 aromatic rings. The first kappa shape index (κ1) is 12.9. The number of aromatic nitrogens is 3. The van der Waals surface area contributed by atoms with Crippen LogP contribution >= 0.6 is 0 Å². The first-order valence-corrected chi connectivity index (χ1v) is 6.66. The molecule has 0 fully saturated rings. The van der Waals surface area contributed by atoms with Gasteiger partial charge in [0, 0.05) is 42.5 Å². The number of nitrogens with zero attached hydrogens (tertiary/aromatic N) is 2. The maximum Gasteiger partial charge on any atom is 0.123 e. The zero-order valence-corrected chi connectivity index (χ0v) is 11.4. The smallest absolute Gasteiger partial charge is 0.123 e. The summed E-state index contributed by atoms with van der Waals surface area (Å²) in [6.07, 6.45) is 6.67. The molecular weight excluding hydrogens is 255 g/mol. The van der Waals surface area contributed by atoms with E-state index in [0.717, 1.165) is 41.5 Å². The monoisotopic (exact) mass is 272 g/mol. The lowest BCUT2D eigenvalue weighted by molar-refractivity contribution is 0.629. The average molecular weight is 272 g/mol. The molecule has 2 N–H and O–H groups in total. The summed E-state index contributed by atoms with van der Waals surface area (Å²) < 4.78 is 15.1. The Bertz CT molecular complexity index is 714. The topological polar surface area (TPSA) is 45.6 Å². The molecule has 20 heavy (non-hydrogen) atoms. The highest BCUT2D eigenvalue weighted by Crippen LogP contribution is 2.19. The summed E-state index contributed by atoms with van der Waals surface area (Å²) >= 11 is 0. The van der Waals surface area contributed by atoms with Gasteiger partial charge < -0.3 is 10.3 Å². The molecule has 0 radical (unpaired) electrons. The Morgan fingerprint density at radius 2 is 2.30 bits per heavy atom. The van der Waals surface area contributed by atoms with Crippen LogP contribution in [0.15, 0.2) is 36.8 Å². The number of aromatic amines is 1. The lowest BCUT2D eigenvalue weighted by Crippen LogP contribution is -2.16. The molecule has 0 unspecified atom stereocenters. The summed E-state index contributed by atoms with van der Waals surface area (Å²) in [6.45, 7) is 1.64. The molecule has 0 saturated carbocycles. The van der Waals surface area contributed by atoms with Crippen molar-refractivity contribution in [1.29, 1.82) is 0 Å². The third-order valence-corrected chi connectivity index (χ3v) is 3.39. The first-order chi connectivity index (χ1) is 9.72. The van der Waals surface area contributed by atoms with Crippen LogP contribution in [0.1, 0.15) is 11.1 Å². The summed E-state index contributed by atoms with van der Waals surface area (Å²) in [7, 11) is 1.91. The van der Waals surface area contributed by atoms with Gasteiger partial charge in [0.2, 0.25) is 0 Å². The molecule has 0 bridgehead atoms. The van der Waals surface area contributed by atoms with E-state index in [1.54, 1.807) is 16.8 Å². The van der Waals surface area contributed by atoms with Crippen LogP contribution in [0.25, 0.3) is 10.9 Å². The van der Waals surface area contributed by atoms with Gasteiger partial charge >= 0.3 is 0 Å². The van der Waals surface area contributed by atoms with E-state index >= 15 is 0 Å². The number of nitrogens with one attached hydrogen (secondary N) is 2. The molecule has 0 saturated heterocycles. The van der Waals surface area contributed by atoms with Crippen molar-refractivity contribution >= 4 is 10.9 Å². The van der Waals surface area contributed by atoms with Crippen LogP contribution in [0.5, 0.6) is 0 Å². The summed E-state index contributed by atoms with van der Waals surface area (Å²) in [5, 5.41) is 8.46. The second-order valence-electron chi connectivity index (χ2n) is 4.95. The number of hydrogen-bond donors (Lipinski definition) is 2. The lowest BCUT2D eigenvalue weighted by Gasteiger charge is -2.02. The lowest BCUT2D eigenvalue weighted by atomic mass is 10.1. The largest absolute Gasteiger partial charge is 0.361 e. The van der Waals surface area contributed by atoms with Crippen LogP contribution in [0, 0.1) is 5.82 Å². The van der Waals surface area contributed by atoms with Crippen molar-refractivity contribution in [3.05, 3.63) is 53.7 Å². The second-order valence-corrected chi connectivity index (χ2v) is 4.95. The highest BCUT2D eigenvalue weighted by Gasteiger charge is 2.04. The minimum atomic E-state index is -0.193. The van der Waals surface area contributed by atoms with E-state index in [9.17, 15) is 4.39 Å². The van der Waals surface area contributed by atoms with E-state index in [0.29, 0.717) is 0 Å². The van der Waals surface area contributed by atoms with Crippen molar-refractivity contribution in [1.82, 2.24) is 20.1 Å². The molecule has 0 aliphatic heterocycles. The van der Waals surface area contributed by atoms with E-state index in [1.807, 2.05) is 25.6 Å². The van der Waals surface area contributed by atoms with Crippen LogP contribution < -0.4 is 5.32 Å². The predicted octanol–water partition coefficient (Wildman–Crippen LogP) is 2.37. The van der Waals surface area contributed by atoms with Crippen molar-refractivity contribution in [3.8, 4) is 0 Å². The van der Waals surface area contributed by atoms with Gasteiger partial charge in [0.25, 0.3) is 0 Å². The molecule has 5 heteroatoms. The zero-order valence-electron chi connectivity index (χ0n) is 11.4. The number of halogens is 1. The van der Waals surface area contributed by atoms with Gasteiger partial charge in [-0.25, -0.2) is 4.39 Å². The molecular formula is C15H17FN4. The van der Waals surface area contributed by atoms with Crippen LogP contribution in [-0.4, -0.2) is 21.3 Å². The van der Waals surface area contributed by atoms with Crippen molar-refractivity contribution in [3.63, 3.8) is 0 Å². The molecule has 0 atom stereocenters. The maximum absolute atomic E-state index is 13.3. The minimum absolute atomic E-state index is 0.193. The van der Waals surface area contributed by atoms with Gasteiger partial charge in [-0.05, 0) is 36.7 Å². The fraction of sp³-hybridized carbons (Fsp3) is 0.267. The molecule has 2 heterocycles. The molecule has 1 aromatic carbocycles. The Kier molecular flexibility index (Phi) is 3.52. The molecule has 0 spiro atoms. The number of rotatable bonds is 5. The Labute approximate surface area is 116 Å². The Morgan fingerprint density at radius 3 is 3.10 bits per heavy atom. The second kappa shape index (κ2) is 5.46. The van der Waals surface area contributed by atoms with Crippen molar-refractivity contribution in [2.75, 3.05) is 6.54 Å². The summed E-state index contributed by atoms with van der Waals surface area (Å²) in [5.74, 6) is -0.193. The van der Waals surface area contributed by atoms with E-state index in [1.165, 1.54) is 6.07 Å². The molecule has 104 valence electrons. The van der Waals surface area contributed by atoms with Gasteiger partial charge in [0.15, 0.2) is 0 Å². The molecule has 0 amide bonds. The highest BCUT2D eigenvalue weighted by atomic mass is 19.1. The molecule has 3 rings (SSSR count). The summed E-state index contributed by atoms with van der Waals surface area (Å²) in [6, 6.07) is 4.84. The Hall–Kier alpha value is -2.14. The Balaban J connectivity index is 1.58. The first-order valence-electron chi connectivity index (χ1n) is 6.66. The van der Waals surface area contributed by atoms with Gasteiger partial charge in [-0.2, -0.15) is 5.10 Å². The van der Waals surface area contributed by atoms with Crippen molar-refractivity contribution in [2.24, 2.45) is 7.05 Å². The highest BCUT2D eigenvalue weighted by molar-refractivity contribution is 5.83. The number of H-pyrrole nitrogens is 1. The molecule has 4 nitrogen and oxygen atoms in total. The van der Waals surface area contributed by atoms with E-state index < -0.39 is 0 Å². The standard InChI is InChI=1S/C15H17FN4/c1-20-10-11(8-19-20)7-17-5-4-12-9-18-15-3-2-13(16)6-14(12)15/h2-3,6,8-10,17-18H,4-5,7H2,1H3. The van der Waals surface area contributed by atoms with Gasteiger partial charge in [-0.15, -0.1) is 0 Å². The zero-order chi connectivity index (χ0) is 13.9. The molecule has 0 aliphatic carbocycles. The number of aryl methyl sites for hydroxylation is 1. The fourth-order valence-corrected chi connectivity index (χ4v) is 2.38. The molecule has 2 aromatic heterocycles. The predicted molar refractivity (Wildman–Crippen MR) is 76.9 cm³/mol.